The molecule has 0 aromatic heterocycles. The molecular formula is C15H22BrNO. The number of rotatable bonds is 6. The highest BCUT2D eigenvalue weighted by Gasteiger charge is 2.25. The van der Waals surface area contributed by atoms with Crippen molar-refractivity contribution < 1.29 is 4.79 Å². The minimum atomic E-state index is -0.164. The number of hydrogen-bond donors (Lipinski definition) is 1. The zero-order chi connectivity index (χ0) is 13.6. The summed E-state index contributed by atoms with van der Waals surface area (Å²) in [4.78, 5) is 12.3. The van der Waals surface area contributed by atoms with Gasteiger partial charge in [-0.25, -0.2) is 0 Å². The van der Waals surface area contributed by atoms with Gasteiger partial charge in [-0.05, 0) is 32.3 Å². The zero-order valence-corrected chi connectivity index (χ0v) is 13.0. The summed E-state index contributed by atoms with van der Waals surface area (Å²) < 4.78 is 0. The molecule has 3 heteroatoms. The van der Waals surface area contributed by atoms with Gasteiger partial charge in [0.2, 0.25) is 5.91 Å². The van der Waals surface area contributed by atoms with Gasteiger partial charge in [0.05, 0.1) is 5.92 Å². The summed E-state index contributed by atoms with van der Waals surface area (Å²) >= 11 is 3.42. The molecular weight excluding hydrogens is 290 g/mol. The third-order valence-corrected chi connectivity index (χ3v) is 3.50. The number of hydrogen-bond acceptors (Lipinski definition) is 1. The third kappa shape index (κ3) is 4.45. The first-order valence-corrected chi connectivity index (χ1v) is 7.55. The summed E-state index contributed by atoms with van der Waals surface area (Å²) in [5.41, 5.74) is 0.926. The largest absolute Gasteiger partial charge is 0.351 e. The Bertz CT molecular complexity index is 375. The van der Waals surface area contributed by atoms with Crippen LogP contribution in [0.25, 0.3) is 0 Å². The normalized spacial score (nSPS) is 13.1. The molecule has 100 valence electrons. The SMILES string of the molecule is CCC(C(=O)NC(C)(C)CCBr)c1ccccc1. The van der Waals surface area contributed by atoms with Crippen molar-refractivity contribution in [3.8, 4) is 0 Å². The van der Waals surface area contributed by atoms with Crippen molar-refractivity contribution >= 4 is 21.8 Å². The summed E-state index contributed by atoms with van der Waals surface area (Å²) in [6, 6.07) is 9.98. The molecule has 0 aliphatic heterocycles. The van der Waals surface area contributed by atoms with Crippen molar-refractivity contribution in [1.82, 2.24) is 5.32 Å². The maximum Gasteiger partial charge on any atom is 0.227 e. The van der Waals surface area contributed by atoms with E-state index in [-0.39, 0.29) is 17.4 Å². The van der Waals surface area contributed by atoms with Gasteiger partial charge in [0.15, 0.2) is 0 Å². The first-order valence-electron chi connectivity index (χ1n) is 6.43. The highest BCUT2D eigenvalue weighted by atomic mass is 79.9. The van der Waals surface area contributed by atoms with Crippen LogP contribution in [0.5, 0.6) is 0 Å². The fourth-order valence-electron chi connectivity index (χ4n) is 1.98. The number of alkyl halides is 1. The average Bonchev–Trinajstić information content (AvgIpc) is 2.30. The van der Waals surface area contributed by atoms with Crippen LogP contribution in [0.15, 0.2) is 30.3 Å². The number of carbonyl (C=O) groups excluding carboxylic acids is 1. The second kappa shape index (κ2) is 6.93. The summed E-state index contributed by atoms with van der Waals surface area (Å²) in [5.74, 6) is 0.0652. The Morgan fingerprint density at radius 1 is 1.33 bits per heavy atom. The van der Waals surface area contributed by atoms with Crippen LogP contribution in [0.4, 0.5) is 0 Å². The third-order valence-electron chi connectivity index (χ3n) is 3.11. The van der Waals surface area contributed by atoms with Crippen LogP contribution in [-0.2, 0) is 4.79 Å². The van der Waals surface area contributed by atoms with Gasteiger partial charge in [-0.3, -0.25) is 4.79 Å². The molecule has 0 radical (unpaired) electrons. The molecule has 1 rings (SSSR count). The molecule has 1 N–H and O–H groups in total. The van der Waals surface area contributed by atoms with Crippen LogP contribution < -0.4 is 5.32 Å². The highest BCUT2D eigenvalue weighted by Crippen LogP contribution is 2.21. The topological polar surface area (TPSA) is 29.1 Å². The molecule has 1 atom stereocenters. The van der Waals surface area contributed by atoms with Gasteiger partial charge in [-0.15, -0.1) is 0 Å². The van der Waals surface area contributed by atoms with E-state index in [0.29, 0.717) is 0 Å². The quantitative estimate of drug-likeness (QED) is 0.794. The minimum absolute atomic E-state index is 0.0548. The van der Waals surface area contributed by atoms with Crippen molar-refractivity contribution in [2.75, 3.05) is 5.33 Å². The van der Waals surface area contributed by atoms with Gasteiger partial charge >= 0.3 is 0 Å². The monoisotopic (exact) mass is 311 g/mol. The molecule has 0 spiro atoms. The van der Waals surface area contributed by atoms with E-state index in [2.05, 4.69) is 42.0 Å². The van der Waals surface area contributed by atoms with E-state index in [1.165, 1.54) is 0 Å². The maximum atomic E-state index is 12.3. The Morgan fingerprint density at radius 3 is 2.44 bits per heavy atom. The minimum Gasteiger partial charge on any atom is -0.351 e. The molecule has 2 nitrogen and oxygen atoms in total. The van der Waals surface area contributed by atoms with Crippen molar-refractivity contribution in [2.24, 2.45) is 0 Å². The summed E-state index contributed by atoms with van der Waals surface area (Å²) in [6.45, 7) is 6.17. The Labute approximate surface area is 118 Å². The fraction of sp³-hybridized carbons (Fsp3) is 0.533. The average molecular weight is 312 g/mol. The Balaban J connectivity index is 2.75. The van der Waals surface area contributed by atoms with Gasteiger partial charge in [0.1, 0.15) is 0 Å². The van der Waals surface area contributed by atoms with Gasteiger partial charge < -0.3 is 5.32 Å². The van der Waals surface area contributed by atoms with Gasteiger partial charge in [0, 0.05) is 10.9 Å². The first-order chi connectivity index (χ1) is 8.50. The predicted molar refractivity (Wildman–Crippen MR) is 80.1 cm³/mol. The lowest BCUT2D eigenvalue weighted by Gasteiger charge is -2.28. The molecule has 0 heterocycles. The molecule has 18 heavy (non-hydrogen) atoms. The van der Waals surface area contributed by atoms with Crippen molar-refractivity contribution in [3.63, 3.8) is 0 Å². The van der Waals surface area contributed by atoms with Crippen molar-refractivity contribution in [2.45, 2.75) is 45.1 Å². The number of carbonyl (C=O) groups is 1. The van der Waals surface area contributed by atoms with Gasteiger partial charge in [-0.2, -0.15) is 0 Å². The first kappa shape index (κ1) is 15.2. The summed E-state index contributed by atoms with van der Waals surface area (Å²) in [6.07, 6.45) is 1.74. The molecule has 1 aromatic carbocycles. The molecule has 1 aromatic rings. The molecule has 0 fully saturated rings. The van der Waals surface area contributed by atoms with Crippen LogP contribution in [0.1, 0.15) is 45.1 Å². The Morgan fingerprint density at radius 2 is 1.94 bits per heavy atom. The molecule has 1 unspecified atom stereocenters. The standard InChI is InChI=1S/C15H22BrNO/c1-4-13(12-8-6-5-7-9-12)14(18)17-15(2,3)10-11-16/h5-9,13H,4,10-11H2,1-3H3,(H,17,18). The molecule has 0 bridgehead atoms. The molecule has 1 amide bonds. The van der Waals surface area contributed by atoms with E-state index >= 15 is 0 Å². The number of amides is 1. The van der Waals surface area contributed by atoms with Gasteiger partial charge in [-0.1, -0.05) is 53.2 Å². The van der Waals surface area contributed by atoms with Crippen LogP contribution in [0.3, 0.4) is 0 Å². The van der Waals surface area contributed by atoms with E-state index in [1.54, 1.807) is 0 Å². The number of halogens is 1. The van der Waals surface area contributed by atoms with E-state index in [4.69, 9.17) is 0 Å². The summed E-state index contributed by atoms with van der Waals surface area (Å²) in [5, 5.41) is 4.03. The van der Waals surface area contributed by atoms with Gasteiger partial charge in [0.25, 0.3) is 0 Å². The zero-order valence-electron chi connectivity index (χ0n) is 11.4. The fourth-order valence-corrected chi connectivity index (χ4v) is 2.97. The van der Waals surface area contributed by atoms with E-state index in [0.717, 1.165) is 23.7 Å². The second-order valence-corrected chi connectivity index (χ2v) is 5.98. The van der Waals surface area contributed by atoms with Crippen LogP contribution in [-0.4, -0.2) is 16.8 Å². The van der Waals surface area contributed by atoms with Crippen LogP contribution in [0.2, 0.25) is 0 Å². The molecule has 0 aliphatic rings. The van der Waals surface area contributed by atoms with E-state index in [9.17, 15) is 4.79 Å². The number of benzene rings is 1. The molecule has 0 saturated heterocycles. The predicted octanol–water partition coefficient (Wildman–Crippen LogP) is 3.86. The maximum absolute atomic E-state index is 12.3. The number of nitrogens with one attached hydrogen (secondary N) is 1. The highest BCUT2D eigenvalue weighted by molar-refractivity contribution is 9.09. The van der Waals surface area contributed by atoms with E-state index < -0.39 is 0 Å². The van der Waals surface area contributed by atoms with E-state index in [1.807, 2.05) is 30.3 Å². The molecule has 0 aliphatic carbocycles. The Kier molecular flexibility index (Phi) is 5.86. The van der Waals surface area contributed by atoms with Crippen LogP contribution in [0, 0.1) is 0 Å². The summed E-state index contributed by atoms with van der Waals surface area (Å²) in [7, 11) is 0. The second-order valence-electron chi connectivity index (χ2n) is 5.18. The lowest BCUT2D eigenvalue weighted by Crippen LogP contribution is -2.45. The smallest absolute Gasteiger partial charge is 0.227 e. The Hall–Kier alpha value is -0.830. The molecule has 0 saturated carbocycles. The van der Waals surface area contributed by atoms with Crippen molar-refractivity contribution in [1.29, 1.82) is 0 Å². The van der Waals surface area contributed by atoms with Crippen LogP contribution >= 0.6 is 15.9 Å². The van der Waals surface area contributed by atoms with Crippen molar-refractivity contribution in [3.05, 3.63) is 35.9 Å². The lowest BCUT2D eigenvalue weighted by atomic mass is 9.93. The lowest BCUT2D eigenvalue weighted by molar-refractivity contribution is -0.124.